The van der Waals surface area contributed by atoms with Crippen molar-refractivity contribution in [3.8, 4) is 0 Å². The van der Waals surface area contributed by atoms with E-state index in [9.17, 15) is 9.59 Å². The van der Waals surface area contributed by atoms with Crippen LogP contribution >= 0.6 is 0 Å². The summed E-state index contributed by atoms with van der Waals surface area (Å²) in [6.07, 6.45) is 3.31. The summed E-state index contributed by atoms with van der Waals surface area (Å²) in [5.74, 6) is 0. The summed E-state index contributed by atoms with van der Waals surface area (Å²) in [4.78, 5) is 25.7. The zero-order valence-corrected chi connectivity index (χ0v) is 7.86. The molecule has 2 rings (SSSR count). The van der Waals surface area contributed by atoms with Gasteiger partial charge in [-0.2, -0.15) is 0 Å². The van der Waals surface area contributed by atoms with Crippen molar-refractivity contribution in [2.75, 3.05) is 11.1 Å². The van der Waals surface area contributed by atoms with Crippen molar-refractivity contribution in [2.24, 2.45) is 0 Å². The van der Waals surface area contributed by atoms with Crippen LogP contribution in [0.3, 0.4) is 0 Å². The van der Waals surface area contributed by atoms with Gasteiger partial charge in [-0.3, -0.25) is 14.6 Å². The maximum absolute atomic E-state index is 11.0. The molecule has 5 nitrogen and oxygen atoms in total. The van der Waals surface area contributed by atoms with Gasteiger partial charge in [0.2, 0.25) is 0 Å². The zero-order valence-electron chi connectivity index (χ0n) is 7.86. The van der Waals surface area contributed by atoms with E-state index in [4.69, 9.17) is 5.73 Å². The molecule has 0 radical (unpaired) electrons. The summed E-state index contributed by atoms with van der Waals surface area (Å²) in [6, 6.07) is 3.63. The fraction of sp³-hybridized carbons (Fsp3) is 0.100. The SMILES string of the molecule is Nc1c(NCc2ccncc2)c(=O)c1=O. The van der Waals surface area contributed by atoms with E-state index in [1.165, 1.54) is 0 Å². The molecule has 15 heavy (non-hydrogen) atoms. The quantitative estimate of drug-likeness (QED) is 0.679. The van der Waals surface area contributed by atoms with Crippen molar-refractivity contribution in [3.63, 3.8) is 0 Å². The number of nitrogens with one attached hydrogen (secondary N) is 1. The van der Waals surface area contributed by atoms with Crippen LogP contribution in [-0.4, -0.2) is 4.98 Å². The molecule has 0 aliphatic heterocycles. The molecule has 0 spiro atoms. The molecule has 3 N–H and O–H groups in total. The average Bonchev–Trinajstić information content (AvgIpc) is 2.30. The molecule has 0 aliphatic carbocycles. The van der Waals surface area contributed by atoms with Gasteiger partial charge in [-0.05, 0) is 17.7 Å². The van der Waals surface area contributed by atoms with Crippen molar-refractivity contribution in [2.45, 2.75) is 6.54 Å². The highest BCUT2D eigenvalue weighted by atomic mass is 16.2. The Balaban J connectivity index is 2.07. The topological polar surface area (TPSA) is 85.1 Å². The second-order valence-corrected chi connectivity index (χ2v) is 3.16. The number of nitrogens with zero attached hydrogens (tertiary/aromatic N) is 1. The minimum atomic E-state index is -0.604. The van der Waals surface area contributed by atoms with E-state index < -0.39 is 10.9 Å². The molecule has 0 saturated heterocycles. The predicted molar refractivity (Wildman–Crippen MR) is 57.3 cm³/mol. The minimum absolute atomic E-state index is 0.0223. The lowest BCUT2D eigenvalue weighted by Gasteiger charge is -2.09. The van der Waals surface area contributed by atoms with E-state index in [-0.39, 0.29) is 11.4 Å². The van der Waals surface area contributed by atoms with Gasteiger partial charge < -0.3 is 11.1 Å². The molecular weight excluding hydrogens is 194 g/mol. The van der Waals surface area contributed by atoms with Crippen LogP contribution in [0.2, 0.25) is 0 Å². The number of pyridine rings is 1. The minimum Gasteiger partial charge on any atom is -0.394 e. The van der Waals surface area contributed by atoms with Gasteiger partial charge in [0.05, 0.1) is 0 Å². The number of aromatic nitrogens is 1. The first-order chi connectivity index (χ1) is 7.20. The van der Waals surface area contributed by atoms with E-state index in [0.717, 1.165) is 5.56 Å². The molecule has 0 atom stereocenters. The highest BCUT2D eigenvalue weighted by molar-refractivity contribution is 5.71. The van der Waals surface area contributed by atoms with Crippen LogP contribution in [0.15, 0.2) is 34.1 Å². The van der Waals surface area contributed by atoms with Crippen molar-refractivity contribution < 1.29 is 0 Å². The molecule has 0 unspecified atom stereocenters. The van der Waals surface area contributed by atoms with Gasteiger partial charge in [0.15, 0.2) is 0 Å². The third kappa shape index (κ3) is 1.59. The van der Waals surface area contributed by atoms with Crippen LogP contribution in [0.5, 0.6) is 0 Å². The van der Waals surface area contributed by atoms with Crippen molar-refractivity contribution >= 4 is 11.4 Å². The summed E-state index contributed by atoms with van der Waals surface area (Å²) in [6.45, 7) is 0.456. The summed E-state index contributed by atoms with van der Waals surface area (Å²) in [5, 5.41) is 2.82. The Morgan fingerprint density at radius 2 is 1.87 bits per heavy atom. The normalized spacial score (nSPS) is 10.4. The predicted octanol–water partition coefficient (Wildman–Crippen LogP) is -0.128. The summed E-state index contributed by atoms with van der Waals surface area (Å²) in [5.41, 5.74) is 5.42. The number of anilines is 2. The van der Waals surface area contributed by atoms with E-state index in [1.807, 2.05) is 12.1 Å². The van der Waals surface area contributed by atoms with E-state index in [2.05, 4.69) is 10.3 Å². The molecule has 5 heteroatoms. The fourth-order valence-electron chi connectivity index (χ4n) is 1.28. The number of hydrogen-bond acceptors (Lipinski definition) is 5. The molecule has 1 heterocycles. The molecule has 2 aromatic rings. The smallest absolute Gasteiger partial charge is 0.253 e. The maximum Gasteiger partial charge on any atom is 0.253 e. The lowest BCUT2D eigenvalue weighted by Crippen LogP contribution is -2.36. The van der Waals surface area contributed by atoms with Crippen molar-refractivity contribution in [1.29, 1.82) is 0 Å². The molecule has 1 aromatic carbocycles. The first-order valence-electron chi connectivity index (χ1n) is 4.41. The first kappa shape index (κ1) is 9.39. The Bertz CT molecular complexity index is 541. The fourth-order valence-corrected chi connectivity index (χ4v) is 1.28. The van der Waals surface area contributed by atoms with Crippen LogP contribution in [0.1, 0.15) is 5.56 Å². The Morgan fingerprint density at radius 3 is 2.47 bits per heavy atom. The van der Waals surface area contributed by atoms with Gasteiger partial charge in [0.25, 0.3) is 10.9 Å². The largest absolute Gasteiger partial charge is 0.394 e. The molecule has 0 aliphatic rings. The monoisotopic (exact) mass is 203 g/mol. The molecule has 76 valence electrons. The average molecular weight is 203 g/mol. The second-order valence-electron chi connectivity index (χ2n) is 3.16. The van der Waals surface area contributed by atoms with Crippen LogP contribution in [0, 0.1) is 0 Å². The third-order valence-corrected chi connectivity index (χ3v) is 2.17. The van der Waals surface area contributed by atoms with Gasteiger partial charge >= 0.3 is 0 Å². The Labute approximate surface area is 85.3 Å². The highest BCUT2D eigenvalue weighted by Crippen LogP contribution is 2.10. The van der Waals surface area contributed by atoms with Gasteiger partial charge in [-0.15, -0.1) is 0 Å². The summed E-state index contributed by atoms with van der Waals surface area (Å²) < 4.78 is 0. The van der Waals surface area contributed by atoms with Crippen LogP contribution in [0.25, 0.3) is 0 Å². The lowest BCUT2D eigenvalue weighted by atomic mass is 10.2. The van der Waals surface area contributed by atoms with E-state index >= 15 is 0 Å². The Morgan fingerprint density at radius 1 is 1.20 bits per heavy atom. The number of rotatable bonds is 3. The van der Waals surface area contributed by atoms with Gasteiger partial charge in [-0.25, -0.2) is 0 Å². The molecule has 0 fully saturated rings. The van der Waals surface area contributed by atoms with Crippen molar-refractivity contribution in [3.05, 3.63) is 50.5 Å². The molecule has 0 bridgehead atoms. The number of nitrogen functional groups attached to an aromatic ring is 1. The molecular formula is C10H9N3O2. The first-order valence-corrected chi connectivity index (χ1v) is 4.41. The van der Waals surface area contributed by atoms with Gasteiger partial charge in [-0.1, -0.05) is 0 Å². The summed E-state index contributed by atoms with van der Waals surface area (Å²) in [7, 11) is 0. The molecule has 0 saturated carbocycles. The lowest BCUT2D eigenvalue weighted by molar-refractivity contribution is 1.11. The van der Waals surface area contributed by atoms with Gasteiger partial charge in [0, 0.05) is 18.9 Å². The van der Waals surface area contributed by atoms with Gasteiger partial charge in [0.1, 0.15) is 11.4 Å². The number of nitrogens with two attached hydrogens (primary N) is 1. The van der Waals surface area contributed by atoms with E-state index in [0.29, 0.717) is 6.54 Å². The second kappa shape index (κ2) is 3.53. The standard InChI is InChI=1S/C10H9N3O2/c11-7-8(10(15)9(7)14)13-5-6-1-3-12-4-2-6/h1-4,13H,5,11H2. The third-order valence-electron chi connectivity index (χ3n) is 2.17. The van der Waals surface area contributed by atoms with Crippen LogP contribution in [-0.2, 0) is 6.54 Å². The Kier molecular flexibility index (Phi) is 2.21. The van der Waals surface area contributed by atoms with Crippen molar-refractivity contribution in [1.82, 2.24) is 4.98 Å². The maximum atomic E-state index is 11.0. The van der Waals surface area contributed by atoms with Crippen LogP contribution < -0.4 is 21.9 Å². The molecule has 1 aromatic heterocycles. The number of hydrogen-bond donors (Lipinski definition) is 2. The zero-order chi connectivity index (χ0) is 10.8. The van der Waals surface area contributed by atoms with Crippen LogP contribution in [0.4, 0.5) is 11.4 Å². The Hall–Kier alpha value is -2.17. The summed E-state index contributed by atoms with van der Waals surface area (Å²) >= 11 is 0. The highest BCUT2D eigenvalue weighted by Gasteiger charge is 2.16. The molecule has 0 amide bonds. The van der Waals surface area contributed by atoms with E-state index in [1.54, 1.807) is 12.4 Å².